The molecule has 0 bridgehead atoms. The van der Waals surface area contributed by atoms with Crippen molar-refractivity contribution in [3.8, 4) is 0 Å². The highest BCUT2D eigenvalue weighted by Crippen LogP contribution is 2.33. The van der Waals surface area contributed by atoms with Crippen LogP contribution in [0.15, 0.2) is 65.6 Å². The van der Waals surface area contributed by atoms with Gasteiger partial charge < -0.3 is 0 Å². The topological polar surface area (TPSA) is 0 Å². The van der Waals surface area contributed by atoms with Gasteiger partial charge in [-0.1, -0.05) is 65.9 Å². The first-order valence-corrected chi connectivity index (χ1v) is 6.57. The summed E-state index contributed by atoms with van der Waals surface area (Å²) in [7, 11) is 0. The molecule has 0 saturated carbocycles. The summed E-state index contributed by atoms with van der Waals surface area (Å²) < 4.78 is 0. The second-order valence-electron chi connectivity index (χ2n) is 3.93. The van der Waals surface area contributed by atoms with Crippen LogP contribution in [0.3, 0.4) is 0 Å². The van der Waals surface area contributed by atoms with Gasteiger partial charge in [-0.15, -0.1) is 0 Å². The summed E-state index contributed by atoms with van der Waals surface area (Å²) in [5, 5.41) is 0. The zero-order chi connectivity index (χ0) is 12.1. The fourth-order valence-corrected chi connectivity index (χ4v) is 2.52. The molecule has 2 aromatic rings. The third-order valence-electron chi connectivity index (χ3n) is 2.57. The van der Waals surface area contributed by atoms with Gasteiger partial charge in [-0.25, -0.2) is 0 Å². The third-order valence-corrected chi connectivity index (χ3v) is 3.77. The molecular weight excluding hydrogens is 224 g/mol. The van der Waals surface area contributed by atoms with E-state index in [1.807, 2.05) is 17.8 Å². The van der Waals surface area contributed by atoms with E-state index in [0.717, 1.165) is 0 Å². The van der Waals surface area contributed by atoms with Gasteiger partial charge in [0.2, 0.25) is 0 Å². The molecule has 0 unspecified atom stereocenters. The van der Waals surface area contributed by atoms with Gasteiger partial charge >= 0.3 is 0 Å². The molecule has 0 heterocycles. The average molecular weight is 240 g/mol. The molecule has 0 N–H and O–H groups in total. The second kappa shape index (κ2) is 5.74. The molecule has 2 aromatic carbocycles. The SMILES string of the molecule is C/C=C(\Sc1ccc(C)cc1)c1ccccc1. The Kier molecular flexibility index (Phi) is 4.05. The molecule has 0 aromatic heterocycles. The zero-order valence-electron chi connectivity index (χ0n) is 10.2. The van der Waals surface area contributed by atoms with Gasteiger partial charge in [0.15, 0.2) is 0 Å². The maximum atomic E-state index is 2.17. The summed E-state index contributed by atoms with van der Waals surface area (Å²) in [6.07, 6.45) is 2.17. The molecule has 0 aliphatic rings. The van der Waals surface area contributed by atoms with Gasteiger partial charge in [-0.2, -0.15) is 0 Å². The van der Waals surface area contributed by atoms with Crippen molar-refractivity contribution < 1.29 is 0 Å². The highest BCUT2D eigenvalue weighted by atomic mass is 32.2. The van der Waals surface area contributed by atoms with Gasteiger partial charge in [0.1, 0.15) is 0 Å². The summed E-state index contributed by atoms with van der Waals surface area (Å²) in [4.78, 5) is 2.59. The first kappa shape index (κ1) is 12.0. The number of thioether (sulfide) groups is 1. The molecule has 0 radical (unpaired) electrons. The fraction of sp³-hybridized carbons (Fsp3) is 0.125. The highest BCUT2D eigenvalue weighted by Gasteiger charge is 2.02. The van der Waals surface area contributed by atoms with E-state index in [0.29, 0.717) is 0 Å². The number of allylic oxidation sites excluding steroid dienone is 1. The van der Waals surface area contributed by atoms with E-state index >= 15 is 0 Å². The Morgan fingerprint density at radius 2 is 1.59 bits per heavy atom. The van der Waals surface area contributed by atoms with Crippen LogP contribution in [0.25, 0.3) is 4.91 Å². The Morgan fingerprint density at radius 3 is 2.18 bits per heavy atom. The average Bonchev–Trinajstić information content (AvgIpc) is 2.39. The predicted octanol–water partition coefficient (Wildman–Crippen LogP) is 5.15. The lowest BCUT2D eigenvalue weighted by Crippen LogP contribution is -1.80. The van der Waals surface area contributed by atoms with E-state index in [-0.39, 0.29) is 0 Å². The molecule has 0 aliphatic carbocycles. The Hall–Kier alpha value is -1.47. The van der Waals surface area contributed by atoms with E-state index in [1.54, 1.807) is 0 Å². The maximum Gasteiger partial charge on any atom is 0.0152 e. The van der Waals surface area contributed by atoms with Crippen molar-refractivity contribution in [2.24, 2.45) is 0 Å². The van der Waals surface area contributed by atoms with Crippen molar-refractivity contribution in [2.45, 2.75) is 18.7 Å². The maximum absolute atomic E-state index is 2.17. The minimum atomic E-state index is 1.28. The Bertz CT molecular complexity index is 495. The molecule has 0 amide bonds. The van der Waals surface area contributed by atoms with E-state index in [4.69, 9.17) is 0 Å². The van der Waals surface area contributed by atoms with Crippen molar-refractivity contribution in [3.05, 3.63) is 71.8 Å². The molecule has 0 atom stereocenters. The van der Waals surface area contributed by atoms with Gasteiger partial charge in [-0.3, -0.25) is 0 Å². The molecule has 86 valence electrons. The molecule has 17 heavy (non-hydrogen) atoms. The van der Waals surface area contributed by atoms with Crippen LogP contribution in [0, 0.1) is 6.92 Å². The number of benzene rings is 2. The van der Waals surface area contributed by atoms with E-state index in [1.165, 1.54) is 20.9 Å². The first-order valence-electron chi connectivity index (χ1n) is 5.76. The van der Waals surface area contributed by atoms with Crippen LogP contribution >= 0.6 is 11.8 Å². The minimum absolute atomic E-state index is 1.28. The normalized spacial score (nSPS) is 11.5. The Labute approximate surface area is 107 Å². The van der Waals surface area contributed by atoms with E-state index in [9.17, 15) is 0 Å². The van der Waals surface area contributed by atoms with E-state index in [2.05, 4.69) is 68.5 Å². The molecular formula is C16H16S. The van der Waals surface area contributed by atoms with Crippen molar-refractivity contribution in [1.82, 2.24) is 0 Å². The molecule has 0 aliphatic heterocycles. The zero-order valence-corrected chi connectivity index (χ0v) is 11.0. The minimum Gasteiger partial charge on any atom is -0.0898 e. The van der Waals surface area contributed by atoms with Gasteiger partial charge in [0.25, 0.3) is 0 Å². The summed E-state index contributed by atoms with van der Waals surface area (Å²) >= 11 is 1.81. The van der Waals surface area contributed by atoms with Crippen molar-refractivity contribution in [2.75, 3.05) is 0 Å². The second-order valence-corrected chi connectivity index (χ2v) is 5.05. The monoisotopic (exact) mass is 240 g/mol. The van der Waals surface area contributed by atoms with Crippen molar-refractivity contribution >= 4 is 16.7 Å². The molecule has 1 heteroatoms. The highest BCUT2D eigenvalue weighted by molar-refractivity contribution is 8.08. The Balaban J connectivity index is 2.19. The summed E-state index contributed by atoms with van der Waals surface area (Å²) in [6, 6.07) is 19.2. The predicted molar refractivity (Wildman–Crippen MR) is 77.1 cm³/mol. The van der Waals surface area contributed by atoms with Gasteiger partial charge in [-0.05, 0) is 31.5 Å². The third kappa shape index (κ3) is 3.24. The summed E-state index contributed by atoms with van der Waals surface area (Å²) in [5.74, 6) is 0. The lowest BCUT2D eigenvalue weighted by Gasteiger charge is -2.07. The number of hydrogen-bond donors (Lipinski definition) is 0. The summed E-state index contributed by atoms with van der Waals surface area (Å²) in [6.45, 7) is 4.20. The largest absolute Gasteiger partial charge is 0.0898 e. The standard InChI is InChI=1S/C16H16S/c1-3-16(14-7-5-4-6-8-14)17-15-11-9-13(2)10-12-15/h3-12H,1-2H3/b16-3-. The van der Waals surface area contributed by atoms with Crippen molar-refractivity contribution in [1.29, 1.82) is 0 Å². The summed E-state index contributed by atoms with van der Waals surface area (Å²) in [5.41, 5.74) is 2.58. The number of hydrogen-bond acceptors (Lipinski definition) is 1. The molecule has 0 spiro atoms. The molecule has 0 nitrogen and oxygen atoms in total. The quantitative estimate of drug-likeness (QED) is 0.669. The first-order chi connectivity index (χ1) is 8.29. The van der Waals surface area contributed by atoms with Crippen LogP contribution < -0.4 is 0 Å². The lowest BCUT2D eigenvalue weighted by atomic mass is 10.2. The number of rotatable bonds is 3. The van der Waals surface area contributed by atoms with Crippen molar-refractivity contribution in [3.63, 3.8) is 0 Å². The van der Waals surface area contributed by atoms with Crippen LogP contribution in [-0.4, -0.2) is 0 Å². The fourth-order valence-electron chi connectivity index (χ4n) is 1.62. The van der Waals surface area contributed by atoms with E-state index < -0.39 is 0 Å². The molecule has 0 saturated heterocycles. The smallest absolute Gasteiger partial charge is 0.0152 e. The van der Waals surface area contributed by atoms with Gasteiger partial charge in [0.05, 0.1) is 0 Å². The van der Waals surface area contributed by atoms with Crippen LogP contribution in [-0.2, 0) is 0 Å². The Morgan fingerprint density at radius 1 is 0.941 bits per heavy atom. The van der Waals surface area contributed by atoms with Crippen LogP contribution in [0.2, 0.25) is 0 Å². The van der Waals surface area contributed by atoms with Crippen LogP contribution in [0.5, 0.6) is 0 Å². The molecule has 2 rings (SSSR count). The number of aryl methyl sites for hydroxylation is 1. The molecule has 0 fully saturated rings. The van der Waals surface area contributed by atoms with Gasteiger partial charge in [0, 0.05) is 9.80 Å². The van der Waals surface area contributed by atoms with Crippen LogP contribution in [0.1, 0.15) is 18.1 Å². The lowest BCUT2D eigenvalue weighted by molar-refractivity contribution is 1.38. The van der Waals surface area contributed by atoms with Crippen LogP contribution in [0.4, 0.5) is 0 Å².